The molecular formula is C34H32N2O6. The first-order chi connectivity index (χ1) is 20.4. The van der Waals surface area contributed by atoms with Crippen molar-refractivity contribution in [1.29, 1.82) is 0 Å². The van der Waals surface area contributed by atoms with Gasteiger partial charge in [-0.2, -0.15) is 0 Å². The Kier molecular flexibility index (Phi) is 8.52. The second kappa shape index (κ2) is 12.6. The van der Waals surface area contributed by atoms with E-state index in [0.29, 0.717) is 41.6 Å². The maximum Gasteiger partial charge on any atom is 0.295 e. The number of benzene rings is 3. The van der Waals surface area contributed by atoms with Crippen LogP contribution < -0.4 is 14.2 Å². The minimum Gasteiger partial charge on any atom is -0.507 e. The minimum absolute atomic E-state index is 0.00698. The van der Waals surface area contributed by atoms with E-state index in [2.05, 4.69) is 4.98 Å². The van der Waals surface area contributed by atoms with E-state index in [1.54, 1.807) is 54.9 Å². The molecule has 1 aromatic heterocycles. The Balaban J connectivity index is 1.55. The Bertz CT molecular complexity index is 1620. The predicted molar refractivity (Wildman–Crippen MR) is 158 cm³/mol. The number of likely N-dealkylation sites (tertiary alicyclic amines) is 1. The van der Waals surface area contributed by atoms with Crippen molar-refractivity contribution in [3.63, 3.8) is 0 Å². The number of methoxy groups -OCH3 is 1. The largest absolute Gasteiger partial charge is 0.507 e. The average molecular weight is 565 g/mol. The number of carbonyl (C=O) groups excluding carboxylic acids is 2. The molecule has 8 nitrogen and oxygen atoms in total. The first kappa shape index (κ1) is 28.4. The molecule has 1 amide bonds. The third kappa shape index (κ3) is 5.83. The topological polar surface area (TPSA) is 98.2 Å². The Morgan fingerprint density at radius 3 is 2.36 bits per heavy atom. The van der Waals surface area contributed by atoms with Crippen LogP contribution in [-0.4, -0.2) is 40.4 Å². The van der Waals surface area contributed by atoms with E-state index < -0.39 is 17.7 Å². The van der Waals surface area contributed by atoms with Crippen LogP contribution in [0.3, 0.4) is 0 Å². The van der Waals surface area contributed by atoms with Gasteiger partial charge in [-0.25, -0.2) is 0 Å². The number of aliphatic hydroxyl groups is 1. The highest BCUT2D eigenvalue weighted by Crippen LogP contribution is 2.43. The van der Waals surface area contributed by atoms with Gasteiger partial charge < -0.3 is 24.2 Å². The smallest absolute Gasteiger partial charge is 0.295 e. The van der Waals surface area contributed by atoms with Crippen molar-refractivity contribution < 1.29 is 28.9 Å². The summed E-state index contributed by atoms with van der Waals surface area (Å²) in [5.74, 6) is -0.0984. The van der Waals surface area contributed by atoms with Crippen molar-refractivity contribution in [2.75, 3.05) is 13.7 Å². The van der Waals surface area contributed by atoms with Gasteiger partial charge in [-0.05, 0) is 72.5 Å². The molecule has 1 atom stereocenters. The molecule has 1 aliphatic heterocycles. The molecule has 0 bridgehead atoms. The lowest BCUT2D eigenvalue weighted by molar-refractivity contribution is -0.140. The van der Waals surface area contributed by atoms with E-state index >= 15 is 0 Å². The summed E-state index contributed by atoms with van der Waals surface area (Å²) in [5, 5.41) is 11.6. The molecule has 3 aromatic carbocycles. The van der Waals surface area contributed by atoms with Crippen LogP contribution in [0, 0.1) is 6.92 Å². The van der Waals surface area contributed by atoms with Gasteiger partial charge in [-0.15, -0.1) is 0 Å². The molecule has 0 aliphatic carbocycles. The van der Waals surface area contributed by atoms with Crippen molar-refractivity contribution in [3.05, 3.63) is 125 Å². The number of pyridine rings is 1. The highest BCUT2D eigenvalue weighted by atomic mass is 16.5. The van der Waals surface area contributed by atoms with Gasteiger partial charge in [0, 0.05) is 24.5 Å². The van der Waals surface area contributed by atoms with Crippen LogP contribution >= 0.6 is 0 Å². The maximum atomic E-state index is 13.5. The number of aryl methyl sites for hydroxylation is 1. The van der Waals surface area contributed by atoms with Crippen LogP contribution in [0.25, 0.3) is 5.76 Å². The van der Waals surface area contributed by atoms with Crippen LogP contribution in [0.15, 0.2) is 96.8 Å². The van der Waals surface area contributed by atoms with Gasteiger partial charge in [0.25, 0.3) is 11.7 Å². The molecule has 1 fully saturated rings. The monoisotopic (exact) mass is 564 g/mol. The van der Waals surface area contributed by atoms with Gasteiger partial charge in [0.15, 0.2) is 11.5 Å². The molecule has 1 N–H and O–H groups in total. The van der Waals surface area contributed by atoms with E-state index in [-0.39, 0.29) is 17.9 Å². The van der Waals surface area contributed by atoms with Gasteiger partial charge in [0.1, 0.15) is 18.1 Å². The summed E-state index contributed by atoms with van der Waals surface area (Å²) in [5.41, 5.74) is 3.55. The first-order valence-electron chi connectivity index (χ1n) is 13.7. The Hall–Kier alpha value is -5.11. The number of hydrogen-bond donors (Lipinski definition) is 1. The number of aromatic nitrogens is 1. The highest BCUT2D eigenvalue weighted by Gasteiger charge is 2.46. The van der Waals surface area contributed by atoms with E-state index in [4.69, 9.17) is 14.2 Å². The molecule has 5 rings (SSSR count). The number of ether oxygens (including phenoxy) is 3. The number of rotatable bonds is 10. The number of amides is 1. The van der Waals surface area contributed by atoms with Crippen LogP contribution in [0.4, 0.5) is 0 Å². The van der Waals surface area contributed by atoms with Crippen molar-refractivity contribution in [2.45, 2.75) is 33.0 Å². The van der Waals surface area contributed by atoms with Crippen molar-refractivity contribution in [2.24, 2.45) is 0 Å². The second-order valence-electron chi connectivity index (χ2n) is 9.89. The Labute approximate surface area is 244 Å². The highest BCUT2D eigenvalue weighted by molar-refractivity contribution is 6.46. The molecule has 1 saturated heterocycles. The van der Waals surface area contributed by atoms with Crippen molar-refractivity contribution >= 4 is 17.4 Å². The molecule has 0 radical (unpaired) electrons. The zero-order valence-corrected chi connectivity index (χ0v) is 23.7. The van der Waals surface area contributed by atoms with E-state index in [1.165, 1.54) is 12.0 Å². The number of Topliss-reactive ketones (excluding diaryl/α,β-unsaturated/α-hetero) is 1. The zero-order valence-electron chi connectivity index (χ0n) is 23.7. The van der Waals surface area contributed by atoms with Gasteiger partial charge in [-0.1, -0.05) is 42.5 Å². The summed E-state index contributed by atoms with van der Waals surface area (Å²) in [6, 6.07) is 23.0. The lowest BCUT2D eigenvalue weighted by Gasteiger charge is -2.26. The zero-order chi connectivity index (χ0) is 29.6. The number of carbonyl (C=O) groups is 2. The van der Waals surface area contributed by atoms with Gasteiger partial charge in [-0.3, -0.25) is 14.6 Å². The molecule has 0 saturated carbocycles. The Morgan fingerprint density at radius 2 is 1.67 bits per heavy atom. The third-order valence-electron chi connectivity index (χ3n) is 7.10. The quantitative estimate of drug-likeness (QED) is 0.143. The number of hydrogen-bond acceptors (Lipinski definition) is 7. The first-order valence-corrected chi connectivity index (χ1v) is 13.7. The molecular weight excluding hydrogens is 532 g/mol. The molecule has 0 unspecified atom stereocenters. The van der Waals surface area contributed by atoms with Gasteiger partial charge in [0.05, 0.1) is 25.3 Å². The summed E-state index contributed by atoms with van der Waals surface area (Å²) in [6.07, 6.45) is 3.29. The van der Waals surface area contributed by atoms with E-state index in [0.717, 1.165) is 16.7 Å². The summed E-state index contributed by atoms with van der Waals surface area (Å²) < 4.78 is 17.2. The van der Waals surface area contributed by atoms with Gasteiger partial charge >= 0.3 is 0 Å². The number of aliphatic hydroxyl groups excluding tert-OH is 1. The van der Waals surface area contributed by atoms with Crippen LogP contribution in [0.1, 0.15) is 40.8 Å². The fourth-order valence-electron chi connectivity index (χ4n) is 5.06. The fourth-order valence-corrected chi connectivity index (χ4v) is 5.06. The average Bonchev–Trinajstić information content (AvgIpc) is 3.26. The van der Waals surface area contributed by atoms with Crippen molar-refractivity contribution in [3.8, 4) is 17.2 Å². The van der Waals surface area contributed by atoms with E-state index in [1.807, 2.05) is 50.2 Å². The van der Waals surface area contributed by atoms with Crippen LogP contribution in [-0.2, 0) is 22.7 Å². The lowest BCUT2D eigenvalue weighted by Crippen LogP contribution is -2.29. The van der Waals surface area contributed by atoms with Crippen LogP contribution in [0.5, 0.6) is 17.2 Å². The third-order valence-corrected chi connectivity index (χ3v) is 7.10. The van der Waals surface area contributed by atoms with Gasteiger partial charge in [0.2, 0.25) is 0 Å². The standard InChI is InChI=1S/C34H32N2O6/c1-4-41-28-15-12-25(18-29(28)40-3)31-30(33(38)34(39)36(31)20-24-11-8-16-35-19-24)32(37)26-13-14-27(22(2)17-26)42-21-23-9-6-5-7-10-23/h5-19,31,37H,4,20-21H2,1-3H3/b32-30+/t31-/m0/s1. The molecule has 4 aromatic rings. The normalized spacial score (nSPS) is 16.0. The SMILES string of the molecule is CCOc1ccc([C@H]2/C(=C(\O)c3ccc(OCc4ccccc4)c(C)c3)C(=O)C(=O)N2Cc2cccnc2)cc1OC. The summed E-state index contributed by atoms with van der Waals surface area (Å²) in [7, 11) is 1.53. The summed E-state index contributed by atoms with van der Waals surface area (Å²) in [6.45, 7) is 4.70. The second-order valence-corrected chi connectivity index (χ2v) is 9.89. The molecule has 214 valence electrons. The molecule has 42 heavy (non-hydrogen) atoms. The molecule has 0 spiro atoms. The number of nitrogens with zero attached hydrogens (tertiary/aromatic N) is 2. The fraction of sp³-hybridized carbons (Fsp3) is 0.206. The maximum absolute atomic E-state index is 13.5. The molecule has 2 heterocycles. The van der Waals surface area contributed by atoms with Crippen LogP contribution in [0.2, 0.25) is 0 Å². The number of ketones is 1. The molecule has 1 aliphatic rings. The predicted octanol–water partition coefficient (Wildman–Crippen LogP) is 6.00. The molecule has 8 heteroatoms. The van der Waals surface area contributed by atoms with Crippen molar-refractivity contribution in [1.82, 2.24) is 9.88 Å². The summed E-state index contributed by atoms with van der Waals surface area (Å²) in [4.78, 5) is 32.6. The minimum atomic E-state index is -0.871. The Morgan fingerprint density at radius 1 is 0.905 bits per heavy atom. The summed E-state index contributed by atoms with van der Waals surface area (Å²) >= 11 is 0. The lowest BCUT2D eigenvalue weighted by atomic mass is 9.94. The van der Waals surface area contributed by atoms with E-state index in [9.17, 15) is 14.7 Å².